The first-order valence-electron chi connectivity index (χ1n) is 5.17. The molecule has 0 aliphatic rings. The lowest BCUT2D eigenvalue weighted by atomic mass is 10.3. The summed E-state index contributed by atoms with van der Waals surface area (Å²) in [6, 6.07) is 6.51. The molecule has 2 N–H and O–H groups in total. The molecule has 4 nitrogen and oxygen atoms in total. The van der Waals surface area contributed by atoms with E-state index in [-0.39, 0.29) is 10.8 Å². The molecule has 0 unspecified atom stereocenters. The maximum atomic E-state index is 12.1. The van der Waals surface area contributed by atoms with Crippen LogP contribution in [0, 0.1) is 0 Å². The number of rotatable bonds is 3. The van der Waals surface area contributed by atoms with E-state index in [0.29, 0.717) is 19.5 Å². The predicted octanol–water partition coefficient (Wildman–Crippen LogP) is 4.99. The van der Waals surface area contributed by atoms with E-state index in [1.807, 2.05) is 0 Å². The smallest absolute Gasteiger partial charge is 0.345 e. The molecular weight excluding hydrogens is 478 g/mol. The highest BCUT2D eigenvalue weighted by atomic mass is 79.9. The van der Waals surface area contributed by atoms with Gasteiger partial charge in [-0.2, -0.15) is 0 Å². The van der Waals surface area contributed by atoms with Crippen molar-refractivity contribution in [2.75, 3.05) is 5.32 Å². The minimum absolute atomic E-state index is 0.129. The number of hydrogen-bond donors (Lipinski definition) is 2. The number of halogens is 3. The highest BCUT2D eigenvalue weighted by Crippen LogP contribution is 2.34. The van der Waals surface area contributed by atoms with E-state index in [0.717, 1.165) is 15.8 Å². The Morgan fingerprint density at radius 1 is 1.05 bits per heavy atom. The van der Waals surface area contributed by atoms with Gasteiger partial charge in [-0.1, -0.05) is 15.9 Å². The van der Waals surface area contributed by atoms with E-state index in [1.54, 1.807) is 12.1 Å². The highest BCUT2D eigenvalue weighted by molar-refractivity contribution is 9.11. The van der Waals surface area contributed by atoms with E-state index >= 15 is 0 Å². The van der Waals surface area contributed by atoms with Crippen LogP contribution in [0.1, 0.15) is 19.3 Å². The van der Waals surface area contributed by atoms with Crippen molar-refractivity contribution < 1.29 is 14.7 Å². The molecule has 0 aliphatic carbocycles. The SMILES string of the molecule is O=C(O)c1ccc(C(=O)Nc2c(Br)cc(Br)cc2Br)s1. The summed E-state index contributed by atoms with van der Waals surface area (Å²) in [6.45, 7) is 0. The molecule has 0 saturated carbocycles. The first kappa shape index (κ1) is 15.7. The van der Waals surface area contributed by atoms with Crippen molar-refractivity contribution >= 4 is 76.7 Å². The van der Waals surface area contributed by atoms with E-state index in [2.05, 4.69) is 53.1 Å². The number of nitrogens with one attached hydrogen (secondary N) is 1. The molecule has 104 valence electrons. The van der Waals surface area contributed by atoms with E-state index in [1.165, 1.54) is 12.1 Å². The Morgan fingerprint density at radius 2 is 1.60 bits per heavy atom. The molecule has 0 saturated heterocycles. The van der Waals surface area contributed by atoms with Gasteiger partial charge in [0.2, 0.25) is 0 Å². The minimum Gasteiger partial charge on any atom is -0.477 e. The fourth-order valence-corrected chi connectivity index (χ4v) is 4.61. The molecule has 1 amide bonds. The molecule has 1 heterocycles. The van der Waals surface area contributed by atoms with Crippen LogP contribution in [0.2, 0.25) is 0 Å². The van der Waals surface area contributed by atoms with E-state index in [9.17, 15) is 9.59 Å². The van der Waals surface area contributed by atoms with Gasteiger partial charge in [0.25, 0.3) is 5.91 Å². The summed E-state index contributed by atoms with van der Waals surface area (Å²) in [5, 5.41) is 11.6. The van der Waals surface area contributed by atoms with Crippen molar-refractivity contribution in [1.29, 1.82) is 0 Å². The summed E-state index contributed by atoms with van der Waals surface area (Å²) >= 11 is 11.0. The van der Waals surface area contributed by atoms with Gasteiger partial charge >= 0.3 is 5.97 Å². The van der Waals surface area contributed by atoms with Crippen LogP contribution in [0.5, 0.6) is 0 Å². The van der Waals surface area contributed by atoms with E-state index < -0.39 is 5.97 Å². The number of aromatic carboxylic acids is 1. The van der Waals surface area contributed by atoms with Gasteiger partial charge < -0.3 is 10.4 Å². The molecule has 0 radical (unpaired) electrons. The Morgan fingerprint density at radius 3 is 2.10 bits per heavy atom. The lowest BCUT2D eigenvalue weighted by molar-refractivity contribution is 0.0702. The third-order valence-electron chi connectivity index (χ3n) is 2.29. The standard InChI is InChI=1S/C12H6Br3NO3S/c13-5-3-6(14)10(7(15)4-5)16-11(17)8-1-2-9(20-8)12(18)19/h1-4H,(H,16,17)(H,18,19). The molecule has 2 aromatic rings. The summed E-state index contributed by atoms with van der Waals surface area (Å²) in [7, 11) is 0. The lowest BCUT2D eigenvalue weighted by Crippen LogP contribution is -2.11. The van der Waals surface area contributed by atoms with Crippen molar-refractivity contribution in [3.63, 3.8) is 0 Å². The van der Waals surface area contributed by atoms with Gasteiger partial charge in [-0.15, -0.1) is 11.3 Å². The van der Waals surface area contributed by atoms with Crippen LogP contribution in [-0.4, -0.2) is 17.0 Å². The van der Waals surface area contributed by atoms with Crippen LogP contribution >= 0.6 is 59.1 Å². The first-order chi connectivity index (χ1) is 9.38. The number of carbonyl (C=O) groups excluding carboxylic acids is 1. The van der Waals surface area contributed by atoms with Gasteiger partial charge in [-0.05, 0) is 56.1 Å². The zero-order valence-corrected chi connectivity index (χ0v) is 15.2. The normalized spacial score (nSPS) is 10.3. The Hall–Kier alpha value is -0.700. The van der Waals surface area contributed by atoms with Crippen LogP contribution in [0.3, 0.4) is 0 Å². The number of carboxylic acids is 1. The first-order valence-corrected chi connectivity index (χ1v) is 8.37. The van der Waals surface area contributed by atoms with Crippen LogP contribution in [0.4, 0.5) is 5.69 Å². The minimum atomic E-state index is -1.04. The molecule has 0 fully saturated rings. The number of carboxylic acid groups (broad SMARTS) is 1. The molecule has 1 aromatic carbocycles. The quantitative estimate of drug-likeness (QED) is 0.646. The topological polar surface area (TPSA) is 66.4 Å². The van der Waals surface area contributed by atoms with Crippen molar-refractivity contribution in [1.82, 2.24) is 0 Å². The van der Waals surface area contributed by atoms with Crippen molar-refractivity contribution in [2.24, 2.45) is 0 Å². The van der Waals surface area contributed by atoms with Crippen LogP contribution in [-0.2, 0) is 0 Å². The maximum Gasteiger partial charge on any atom is 0.345 e. The zero-order valence-electron chi connectivity index (χ0n) is 9.62. The third kappa shape index (κ3) is 3.49. The van der Waals surface area contributed by atoms with Crippen molar-refractivity contribution in [3.05, 3.63) is 47.4 Å². The largest absolute Gasteiger partial charge is 0.477 e. The highest BCUT2D eigenvalue weighted by Gasteiger charge is 2.15. The number of carbonyl (C=O) groups is 2. The van der Waals surface area contributed by atoms with Gasteiger partial charge in [-0.25, -0.2) is 4.79 Å². The maximum absolute atomic E-state index is 12.1. The third-order valence-corrected chi connectivity index (χ3v) is 5.07. The van der Waals surface area contributed by atoms with Crippen molar-refractivity contribution in [2.45, 2.75) is 0 Å². The molecule has 1 aromatic heterocycles. The molecule has 0 spiro atoms. The molecule has 0 bridgehead atoms. The summed E-state index contributed by atoms with van der Waals surface area (Å²) in [5.74, 6) is -1.40. The van der Waals surface area contributed by atoms with Crippen LogP contribution < -0.4 is 5.32 Å². The number of benzene rings is 1. The fraction of sp³-hybridized carbons (Fsp3) is 0. The second-order valence-corrected chi connectivity index (χ2v) is 7.38. The summed E-state index contributed by atoms with van der Waals surface area (Å²) < 4.78 is 2.28. The molecule has 8 heteroatoms. The molecule has 0 atom stereocenters. The van der Waals surface area contributed by atoms with Gasteiger partial charge in [0, 0.05) is 13.4 Å². The number of anilines is 1. The Balaban J connectivity index is 2.25. The molecule has 2 rings (SSSR count). The fourth-order valence-electron chi connectivity index (χ4n) is 1.41. The Kier molecular flexibility index (Phi) is 5.00. The zero-order chi connectivity index (χ0) is 14.9. The molecular formula is C12H6Br3NO3S. The van der Waals surface area contributed by atoms with Crippen LogP contribution in [0.15, 0.2) is 37.7 Å². The number of thiophene rings is 1. The van der Waals surface area contributed by atoms with Crippen molar-refractivity contribution in [3.8, 4) is 0 Å². The average Bonchev–Trinajstić information content (AvgIpc) is 2.83. The van der Waals surface area contributed by atoms with Gasteiger partial charge in [0.05, 0.1) is 10.6 Å². The summed E-state index contributed by atoms with van der Waals surface area (Å²) in [5.41, 5.74) is 0.587. The van der Waals surface area contributed by atoms with E-state index in [4.69, 9.17) is 5.11 Å². The summed E-state index contributed by atoms with van der Waals surface area (Å²) in [6.07, 6.45) is 0. The predicted molar refractivity (Wildman–Crippen MR) is 88.8 cm³/mol. The van der Waals surface area contributed by atoms with Gasteiger partial charge in [-0.3, -0.25) is 4.79 Å². The number of amides is 1. The lowest BCUT2D eigenvalue weighted by Gasteiger charge is -2.09. The Labute approximate surface area is 143 Å². The molecule has 0 aliphatic heterocycles. The average molecular weight is 484 g/mol. The second-order valence-electron chi connectivity index (χ2n) is 3.67. The van der Waals surface area contributed by atoms with Gasteiger partial charge in [0.15, 0.2) is 0 Å². The number of hydrogen-bond acceptors (Lipinski definition) is 3. The molecule has 20 heavy (non-hydrogen) atoms. The summed E-state index contributed by atoms with van der Waals surface area (Å²) in [4.78, 5) is 23.4. The Bertz CT molecular complexity index is 676. The second kappa shape index (κ2) is 6.38. The monoisotopic (exact) mass is 481 g/mol. The van der Waals surface area contributed by atoms with Crippen LogP contribution in [0.25, 0.3) is 0 Å². The van der Waals surface area contributed by atoms with Gasteiger partial charge in [0.1, 0.15) is 4.88 Å².